The van der Waals surface area contributed by atoms with Crippen LogP contribution in [0.15, 0.2) is 29.2 Å². The molecule has 0 aliphatic heterocycles. The van der Waals surface area contributed by atoms with Crippen molar-refractivity contribution in [3.05, 3.63) is 24.3 Å². The van der Waals surface area contributed by atoms with Crippen molar-refractivity contribution >= 4 is 15.7 Å². The van der Waals surface area contributed by atoms with E-state index in [1.165, 1.54) is 12.1 Å². The van der Waals surface area contributed by atoms with Crippen molar-refractivity contribution in [1.29, 1.82) is 0 Å². The normalized spacial score (nSPS) is 27.7. The van der Waals surface area contributed by atoms with Crippen molar-refractivity contribution in [2.24, 2.45) is 17.6 Å². The van der Waals surface area contributed by atoms with Gasteiger partial charge in [-0.3, -0.25) is 4.79 Å². The van der Waals surface area contributed by atoms with Crippen molar-refractivity contribution < 1.29 is 31.1 Å². The number of ether oxygens (including phenoxy) is 1. The van der Waals surface area contributed by atoms with Gasteiger partial charge in [0.1, 0.15) is 5.75 Å². The lowest BCUT2D eigenvalue weighted by Crippen LogP contribution is -2.47. The van der Waals surface area contributed by atoms with Crippen LogP contribution in [0.1, 0.15) is 38.5 Å². The van der Waals surface area contributed by atoms with E-state index in [1.807, 2.05) is 0 Å². The lowest BCUT2D eigenvalue weighted by Gasteiger charge is -2.35. The van der Waals surface area contributed by atoms with E-state index in [9.17, 15) is 26.4 Å². The summed E-state index contributed by atoms with van der Waals surface area (Å²) in [7, 11) is -3.76. The summed E-state index contributed by atoms with van der Waals surface area (Å²) in [5.74, 6) is -0.820. The molecule has 6 nitrogen and oxygen atoms in total. The van der Waals surface area contributed by atoms with Gasteiger partial charge in [0.05, 0.1) is 16.1 Å². The number of carbonyl (C=O) groups excluding carboxylic acids is 1. The molecule has 1 aromatic rings. The SMILES string of the molecule is N[C@@H]1CCCC[C@@H]1C(=O)NCC1CC(S(=O)(=O)c2cccc(OC(F)(F)F)c2)C1. The number of sulfone groups is 1. The smallest absolute Gasteiger partial charge is 0.406 e. The number of carbonyl (C=O) groups is 1. The van der Waals surface area contributed by atoms with Crippen LogP contribution in [0.2, 0.25) is 0 Å². The fourth-order valence-corrected chi connectivity index (χ4v) is 5.98. The molecule has 3 rings (SSSR count). The zero-order valence-electron chi connectivity index (χ0n) is 15.8. The molecule has 2 aliphatic rings. The minimum Gasteiger partial charge on any atom is -0.406 e. The topological polar surface area (TPSA) is 98.5 Å². The molecule has 2 saturated carbocycles. The van der Waals surface area contributed by atoms with Gasteiger partial charge in [-0.2, -0.15) is 0 Å². The van der Waals surface area contributed by atoms with Gasteiger partial charge in [0, 0.05) is 12.6 Å². The van der Waals surface area contributed by atoms with Gasteiger partial charge in [0.25, 0.3) is 0 Å². The van der Waals surface area contributed by atoms with Crippen LogP contribution in [-0.2, 0) is 14.6 Å². The first kappa shape index (κ1) is 21.9. The Kier molecular flexibility index (Phi) is 6.42. The number of halogens is 3. The Hall–Kier alpha value is -1.81. The van der Waals surface area contributed by atoms with Gasteiger partial charge in [-0.15, -0.1) is 13.2 Å². The van der Waals surface area contributed by atoms with Gasteiger partial charge in [-0.1, -0.05) is 18.9 Å². The van der Waals surface area contributed by atoms with Crippen LogP contribution in [0, 0.1) is 11.8 Å². The van der Waals surface area contributed by atoms with E-state index in [2.05, 4.69) is 10.1 Å². The molecular weight excluding hydrogens is 409 g/mol. The highest BCUT2D eigenvalue weighted by Crippen LogP contribution is 2.37. The van der Waals surface area contributed by atoms with Crippen LogP contribution in [0.25, 0.3) is 0 Å². The first-order valence-corrected chi connectivity index (χ1v) is 11.2. The van der Waals surface area contributed by atoms with Crippen LogP contribution in [0.5, 0.6) is 5.75 Å². The molecular formula is C19H25F3N2O4S. The molecule has 1 amide bonds. The minimum absolute atomic E-state index is 0.0214. The van der Waals surface area contributed by atoms with E-state index in [0.29, 0.717) is 19.4 Å². The second-order valence-electron chi connectivity index (χ2n) is 7.83. The molecule has 162 valence electrons. The molecule has 29 heavy (non-hydrogen) atoms. The predicted octanol–water partition coefficient (Wildman–Crippen LogP) is 2.77. The van der Waals surface area contributed by atoms with Gasteiger partial charge in [-0.25, -0.2) is 8.42 Å². The van der Waals surface area contributed by atoms with Gasteiger partial charge >= 0.3 is 6.36 Å². The Morgan fingerprint density at radius 1 is 1.21 bits per heavy atom. The molecule has 0 saturated heterocycles. The molecule has 0 aromatic heterocycles. The highest BCUT2D eigenvalue weighted by atomic mass is 32.2. The van der Waals surface area contributed by atoms with E-state index >= 15 is 0 Å². The molecule has 2 aliphatic carbocycles. The third-order valence-corrected chi connectivity index (χ3v) is 7.89. The van der Waals surface area contributed by atoms with Crippen LogP contribution < -0.4 is 15.8 Å². The zero-order chi connectivity index (χ0) is 21.2. The number of nitrogens with two attached hydrogens (primary N) is 1. The fourth-order valence-electron chi connectivity index (χ4n) is 4.00. The van der Waals surface area contributed by atoms with Gasteiger partial charge < -0.3 is 15.8 Å². The quantitative estimate of drug-likeness (QED) is 0.718. The molecule has 2 fully saturated rings. The fraction of sp³-hybridized carbons (Fsp3) is 0.632. The van der Waals surface area contributed by atoms with E-state index in [-0.39, 0.29) is 28.7 Å². The van der Waals surface area contributed by atoms with Gasteiger partial charge in [-0.05, 0) is 49.8 Å². The second kappa shape index (κ2) is 8.51. The molecule has 0 spiro atoms. The number of alkyl halides is 3. The lowest BCUT2D eigenvalue weighted by atomic mass is 9.83. The Labute approximate surface area is 167 Å². The Morgan fingerprint density at radius 2 is 1.90 bits per heavy atom. The summed E-state index contributed by atoms with van der Waals surface area (Å²) in [6.07, 6.45) is -0.574. The van der Waals surface area contributed by atoms with Crippen molar-refractivity contribution in [3.63, 3.8) is 0 Å². The highest BCUT2D eigenvalue weighted by Gasteiger charge is 2.40. The Bertz CT molecular complexity index is 838. The first-order valence-electron chi connectivity index (χ1n) is 9.69. The third kappa shape index (κ3) is 5.42. The number of amides is 1. The van der Waals surface area contributed by atoms with E-state index in [1.54, 1.807) is 0 Å². The van der Waals surface area contributed by atoms with Crippen molar-refractivity contribution in [2.75, 3.05) is 6.54 Å². The Morgan fingerprint density at radius 3 is 2.55 bits per heavy atom. The van der Waals surface area contributed by atoms with Crippen LogP contribution in [-0.4, -0.2) is 38.5 Å². The van der Waals surface area contributed by atoms with Crippen molar-refractivity contribution in [2.45, 2.75) is 61.1 Å². The molecule has 0 radical (unpaired) electrons. The minimum atomic E-state index is -4.89. The number of hydrogen-bond acceptors (Lipinski definition) is 5. The number of rotatable bonds is 6. The van der Waals surface area contributed by atoms with Crippen molar-refractivity contribution in [3.8, 4) is 5.75 Å². The van der Waals surface area contributed by atoms with Crippen LogP contribution >= 0.6 is 0 Å². The summed E-state index contributed by atoms with van der Waals surface area (Å²) in [6, 6.07) is 4.30. The first-order chi connectivity index (χ1) is 13.6. The van der Waals surface area contributed by atoms with Gasteiger partial charge in [0.15, 0.2) is 9.84 Å². The summed E-state index contributed by atoms with van der Waals surface area (Å²) in [4.78, 5) is 12.1. The molecule has 2 atom stereocenters. The summed E-state index contributed by atoms with van der Waals surface area (Å²) in [5, 5.41) is 2.19. The molecule has 0 unspecified atom stereocenters. The van der Waals surface area contributed by atoms with Crippen molar-refractivity contribution in [1.82, 2.24) is 5.32 Å². The van der Waals surface area contributed by atoms with E-state index in [0.717, 1.165) is 37.8 Å². The second-order valence-corrected chi connectivity index (χ2v) is 10.1. The van der Waals surface area contributed by atoms with Gasteiger partial charge in [0.2, 0.25) is 5.91 Å². The Balaban J connectivity index is 1.52. The summed E-state index contributed by atoms with van der Waals surface area (Å²) in [6.45, 7) is 0.380. The molecule has 10 heteroatoms. The van der Waals surface area contributed by atoms with Crippen LogP contribution in [0.3, 0.4) is 0 Å². The maximum atomic E-state index is 12.7. The molecule has 0 bridgehead atoms. The number of benzene rings is 1. The number of hydrogen-bond donors (Lipinski definition) is 2. The average molecular weight is 434 g/mol. The number of nitrogens with one attached hydrogen (secondary N) is 1. The van der Waals surface area contributed by atoms with E-state index in [4.69, 9.17) is 5.73 Å². The summed E-state index contributed by atoms with van der Waals surface area (Å²) in [5.41, 5.74) is 6.01. The van der Waals surface area contributed by atoms with E-state index < -0.39 is 27.2 Å². The monoisotopic (exact) mass is 434 g/mol. The summed E-state index contributed by atoms with van der Waals surface area (Å²) >= 11 is 0. The highest BCUT2D eigenvalue weighted by molar-refractivity contribution is 7.92. The molecule has 0 heterocycles. The molecule has 3 N–H and O–H groups in total. The third-order valence-electron chi connectivity index (χ3n) is 5.72. The lowest BCUT2D eigenvalue weighted by molar-refractivity contribution is -0.274. The maximum Gasteiger partial charge on any atom is 0.573 e. The largest absolute Gasteiger partial charge is 0.573 e. The maximum absolute atomic E-state index is 12.7. The molecule has 1 aromatic carbocycles. The zero-order valence-corrected chi connectivity index (χ0v) is 16.6. The van der Waals surface area contributed by atoms with Crippen LogP contribution in [0.4, 0.5) is 13.2 Å². The predicted molar refractivity (Wildman–Crippen MR) is 99.8 cm³/mol. The standard InChI is InChI=1S/C19H25F3N2O4S/c20-19(21,22)28-13-4-3-5-14(10-13)29(26,27)15-8-12(9-15)11-24-18(25)16-6-1-2-7-17(16)23/h3-5,10,12,15-17H,1-2,6-9,11,23H2,(H,24,25)/t12?,15?,16-,17+/m0/s1. The summed E-state index contributed by atoms with van der Waals surface area (Å²) < 4.78 is 66.2. The average Bonchev–Trinajstić information content (AvgIpc) is 2.59.